The molecule has 0 bridgehead atoms. The van der Waals surface area contributed by atoms with E-state index in [0.29, 0.717) is 6.61 Å². The minimum absolute atomic E-state index is 0.598. The SMILES string of the molecule is Cc1ccc(NCc2cccc(OCc3ccccc3C)c2)cc1C. The largest absolute Gasteiger partial charge is 0.489 e. The van der Waals surface area contributed by atoms with Crippen LogP contribution in [0.3, 0.4) is 0 Å². The molecule has 0 radical (unpaired) electrons. The maximum atomic E-state index is 5.97. The van der Waals surface area contributed by atoms with Crippen LogP contribution in [-0.2, 0) is 13.2 Å². The summed E-state index contributed by atoms with van der Waals surface area (Å²) in [5.41, 5.74) is 7.46. The summed E-state index contributed by atoms with van der Waals surface area (Å²) in [4.78, 5) is 0. The Bertz CT molecular complexity index is 854. The zero-order valence-corrected chi connectivity index (χ0v) is 15.2. The molecule has 3 aromatic rings. The quantitative estimate of drug-likeness (QED) is 0.616. The predicted molar refractivity (Wildman–Crippen MR) is 105 cm³/mol. The molecule has 0 atom stereocenters. The van der Waals surface area contributed by atoms with E-state index < -0.39 is 0 Å². The third kappa shape index (κ3) is 4.63. The summed E-state index contributed by atoms with van der Waals surface area (Å²) < 4.78 is 5.97. The fraction of sp³-hybridized carbons (Fsp3) is 0.217. The van der Waals surface area contributed by atoms with E-state index in [1.54, 1.807) is 0 Å². The van der Waals surface area contributed by atoms with Crippen LogP contribution in [0.1, 0.15) is 27.8 Å². The molecule has 2 heteroatoms. The normalized spacial score (nSPS) is 10.5. The molecule has 25 heavy (non-hydrogen) atoms. The maximum Gasteiger partial charge on any atom is 0.120 e. The first-order valence-corrected chi connectivity index (χ1v) is 8.69. The predicted octanol–water partition coefficient (Wildman–Crippen LogP) is 5.80. The topological polar surface area (TPSA) is 21.3 Å². The Kier molecular flexibility index (Phi) is 5.39. The lowest BCUT2D eigenvalue weighted by Crippen LogP contribution is -2.01. The molecular formula is C23H25NO. The molecule has 0 aliphatic heterocycles. The molecule has 1 N–H and O–H groups in total. The van der Waals surface area contributed by atoms with E-state index in [0.717, 1.165) is 18.0 Å². The number of nitrogens with one attached hydrogen (secondary N) is 1. The molecule has 3 aromatic carbocycles. The molecule has 0 aromatic heterocycles. The van der Waals surface area contributed by atoms with Crippen LogP contribution < -0.4 is 10.1 Å². The summed E-state index contributed by atoms with van der Waals surface area (Å²) in [5.74, 6) is 0.905. The van der Waals surface area contributed by atoms with E-state index in [9.17, 15) is 0 Å². The first-order chi connectivity index (χ1) is 12.1. The van der Waals surface area contributed by atoms with Crippen LogP contribution in [0.15, 0.2) is 66.7 Å². The smallest absolute Gasteiger partial charge is 0.120 e. The van der Waals surface area contributed by atoms with Gasteiger partial charge in [-0.2, -0.15) is 0 Å². The van der Waals surface area contributed by atoms with Crippen molar-refractivity contribution in [1.82, 2.24) is 0 Å². The van der Waals surface area contributed by atoms with Crippen LogP contribution in [0.4, 0.5) is 5.69 Å². The lowest BCUT2D eigenvalue weighted by molar-refractivity contribution is 0.305. The molecule has 128 valence electrons. The average Bonchev–Trinajstić information content (AvgIpc) is 2.62. The molecule has 0 aliphatic rings. The summed E-state index contributed by atoms with van der Waals surface area (Å²) >= 11 is 0. The Morgan fingerprint density at radius 2 is 1.60 bits per heavy atom. The Morgan fingerprint density at radius 3 is 2.40 bits per heavy atom. The van der Waals surface area contributed by atoms with Crippen molar-refractivity contribution in [3.8, 4) is 5.75 Å². The van der Waals surface area contributed by atoms with Crippen molar-refractivity contribution in [2.24, 2.45) is 0 Å². The number of hydrogen-bond acceptors (Lipinski definition) is 2. The van der Waals surface area contributed by atoms with Gasteiger partial charge in [0.25, 0.3) is 0 Å². The van der Waals surface area contributed by atoms with Gasteiger partial charge in [-0.25, -0.2) is 0 Å². The third-order valence-corrected chi connectivity index (χ3v) is 4.56. The van der Waals surface area contributed by atoms with Crippen molar-refractivity contribution < 1.29 is 4.74 Å². The van der Waals surface area contributed by atoms with Crippen LogP contribution in [0, 0.1) is 20.8 Å². The van der Waals surface area contributed by atoms with E-state index >= 15 is 0 Å². The Hall–Kier alpha value is -2.74. The van der Waals surface area contributed by atoms with Crippen LogP contribution in [0.2, 0.25) is 0 Å². The van der Waals surface area contributed by atoms with Gasteiger partial charge in [-0.3, -0.25) is 0 Å². The van der Waals surface area contributed by atoms with Crippen LogP contribution in [0.5, 0.6) is 5.75 Å². The van der Waals surface area contributed by atoms with Gasteiger partial charge in [0.15, 0.2) is 0 Å². The van der Waals surface area contributed by atoms with Gasteiger partial charge in [-0.15, -0.1) is 0 Å². The average molecular weight is 331 g/mol. The Morgan fingerprint density at radius 1 is 0.760 bits per heavy atom. The number of benzene rings is 3. The molecule has 0 saturated heterocycles. The minimum atomic E-state index is 0.598. The molecule has 0 aliphatic carbocycles. The van der Waals surface area contributed by atoms with Crippen LogP contribution in [-0.4, -0.2) is 0 Å². The fourth-order valence-corrected chi connectivity index (χ4v) is 2.73. The molecule has 0 spiro atoms. The summed E-state index contributed by atoms with van der Waals surface area (Å²) in [6.45, 7) is 7.77. The number of aryl methyl sites for hydroxylation is 3. The number of anilines is 1. The highest BCUT2D eigenvalue weighted by atomic mass is 16.5. The highest BCUT2D eigenvalue weighted by molar-refractivity contribution is 5.48. The van der Waals surface area contributed by atoms with Gasteiger partial charge < -0.3 is 10.1 Å². The first kappa shape index (κ1) is 17.1. The molecule has 3 rings (SSSR count). The molecular weight excluding hydrogens is 306 g/mol. The highest BCUT2D eigenvalue weighted by Gasteiger charge is 2.01. The van der Waals surface area contributed by atoms with Crippen LogP contribution in [0.25, 0.3) is 0 Å². The molecule has 0 unspecified atom stereocenters. The van der Waals surface area contributed by atoms with Gasteiger partial charge in [-0.05, 0) is 72.9 Å². The lowest BCUT2D eigenvalue weighted by Gasteiger charge is -2.11. The van der Waals surface area contributed by atoms with E-state index in [1.165, 1.54) is 27.8 Å². The summed E-state index contributed by atoms with van der Waals surface area (Å²) in [6.07, 6.45) is 0. The second kappa shape index (κ2) is 7.89. The molecule has 0 amide bonds. The molecule has 0 saturated carbocycles. The highest BCUT2D eigenvalue weighted by Crippen LogP contribution is 2.19. The van der Waals surface area contributed by atoms with E-state index in [-0.39, 0.29) is 0 Å². The van der Waals surface area contributed by atoms with E-state index in [4.69, 9.17) is 4.74 Å². The zero-order valence-electron chi connectivity index (χ0n) is 15.2. The van der Waals surface area contributed by atoms with Crippen molar-refractivity contribution in [3.05, 3.63) is 94.5 Å². The van der Waals surface area contributed by atoms with E-state index in [1.807, 2.05) is 12.1 Å². The van der Waals surface area contributed by atoms with Gasteiger partial charge in [0.1, 0.15) is 12.4 Å². The second-order valence-electron chi connectivity index (χ2n) is 6.52. The van der Waals surface area contributed by atoms with Crippen molar-refractivity contribution in [2.75, 3.05) is 5.32 Å². The molecule has 2 nitrogen and oxygen atoms in total. The number of ether oxygens (including phenoxy) is 1. The van der Waals surface area contributed by atoms with Gasteiger partial charge in [0.2, 0.25) is 0 Å². The minimum Gasteiger partial charge on any atom is -0.489 e. The first-order valence-electron chi connectivity index (χ1n) is 8.69. The Balaban J connectivity index is 1.61. The maximum absolute atomic E-state index is 5.97. The van der Waals surface area contributed by atoms with Crippen molar-refractivity contribution >= 4 is 5.69 Å². The van der Waals surface area contributed by atoms with Gasteiger partial charge >= 0.3 is 0 Å². The standard InChI is InChI=1S/C23H25NO/c1-17-11-12-22(13-19(17)3)24-15-20-8-6-10-23(14-20)25-16-21-9-5-4-7-18(21)2/h4-14,24H,15-16H2,1-3H3. The van der Waals surface area contributed by atoms with Gasteiger partial charge in [0, 0.05) is 12.2 Å². The lowest BCUT2D eigenvalue weighted by atomic mass is 10.1. The van der Waals surface area contributed by atoms with Crippen molar-refractivity contribution in [1.29, 1.82) is 0 Å². The van der Waals surface area contributed by atoms with Crippen molar-refractivity contribution in [3.63, 3.8) is 0 Å². The third-order valence-electron chi connectivity index (χ3n) is 4.56. The monoisotopic (exact) mass is 331 g/mol. The number of rotatable bonds is 6. The number of hydrogen-bond donors (Lipinski definition) is 1. The summed E-state index contributed by atoms with van der Waals surface area (Å²) in [6, 6.07) is 23.1. The molecule has 0 fully saturated rings. The summed E-state index contributed by atoms with van der Waals surface area (Å²) in [5, 5.41) is 3.48. The fourth-order valence-electron chi connectivity index (χ4n) is 2.73. The van der Waals surface area contributed by atoms with Crippen molar-refractivity contribution in [2.45, 2.75) is 33.9 Å². The van der Waals surface area contributed by atoms with Gasteiger partial charge in [0.05, 0.1) is 0 Å². The van der Waals surface area contributed by atoms with E-state index in [2.05, 4.69) is 80.7 Å². The summed E-state index contributed by atoms with van der Waals surface area (Å²) in [7, 11) is 0. The second-order valence-corrected chi connectivity index (χ2v) is 6.52. The van der Waals surface area contributed by atoms with Crippen LogP contribution >= 0.6 is 0 Å². The molecule has 0 heterocycles. The van der Waals surface area contributed by atoms with Gasteiger partial charge in [-0.1, -0.05) is 42.5 Å². The Labute approximate surface area is 150 Å². The zero-order chi connectivity index (χ0) is 17.6.